The summed E-state index contributed by atoms with van der Waals surface area (Å²) in [5, 5.41) is 0. The van der Waals surface area contributed by atoms with Crippen LogP contribution in [-0.4, -0.2) is 5.75 Å². The van der Waals surface area contributed by atoms with E-state index in [0.29, 0.717) is 0 Å². The van der Waals surface area contributed by atoms with E-state index in [0.717, 1.165) is 12.2 Å². The molecule has 3 N–H and O–H groups in total. The second kappa shape index (κ2) is 6.67. The monoisotopic (exact) mass is 222 g/mol. The highest BCUT2D eigenvalue weighted by atomic mass is 32.2. The summed E-state index contributed by atoms with van der Waals surface area (Å²) < 4.78 is 0. The van der Waals surface area contributed by atoms with E-state index in [2.05, 4.69) is 43.2 Å². The quantitative estimate of drug-likeness (QED) is 0.336. The van der Waals surface area contributed by atoms with Gasteiger partial charge in [0.25, 0.3) is 0 Å². The molecule has 1 aromatic carbocycles. The Labute approximate surface area is 95.9 Å². The minimum Gasteiger partial charge on any atom is -0.271 e. The van der Waals surface area contributed by atoms with Crippen LogP contribution in [0.5, 0.6) is 0 Å². The highest BCUT2D eigenvalue weighted by Gasteiger charge is 2.06. The van der Waals surface area contributed by atoms with E-state index in [9.17, 15) is 0 Å². The van der Waals surface area contributed by atoms with Crippen LogP contribution in [0.4, 0.5) is 0 Å². The van der Waals surface area contributed by atoms with Crippen LogP contribution in [0.2, 0.25) is 0 Å². The molecule has 2 nitrogen and oxygen atoms in total. The molecule has 0 radical (unpaired) electrons. The van der Waals surface area contributed by atoms with Gasteiger partial charge in [0.2, 0.25) is 0 Å². The fourth-order valence-corrected chi connectivity index (χ4v) is 2.09. The van der Waals surface area contributed by atoms with E-state index < -0.39 is 0 Å². The third-order valence-electron chi connectivity index (χ3n) is 2.20. The number of nitrogens with one attached hydrogen (secondary N) is 1. The van der Waals surface area contributed by atoms with Crippen molar-refractivity contribution in [1.82, 2.24) is 5.43 Å². The molecule has 0 aliphatic carbocycles. The van der Waals surface area contributed by atoms with Crippen molar-refractivity contribution >= 4 is 11.8 Å². The second-order valence-electron chi connectivity index (χ2n) is 3.25. The van der Waals surface area contributed by atoms with Gasteiger partial charge in [0.05, 0.1) is 0 Å². The average molecular weight is 222 g/mol. The lowest BCUT2D eigenvalue weighted by Crippen LogP contribution is -2.27. The third-order valence-corrected chi connectivity index (χ3v) is 3.09. The fraction of sp³-hybridized carbons (Fsp3) is 0.333. The number of hydrazine groups is 1. The van der Waals surface area contributed by atoms with Gasteiger partial charge in [0.15, 0.2) is 0 Å². The van der Waals surface area contributed by atoms with Gasteiger partial charge < -0.3 is 0 Å². The molecule has 1 rings (SSSR count). The average Bonchev–Trinajstić information content (AvgIpc) is 2.28. The number of rotatable bonds is 6. The summed E-state index contributed by atoms with van der Waals surface area (Å²) in [5.41, 5.74) is 4.00. The zero-order chi connectivity index (χ0) is 11.1. The molecule has 1 aromatic rings. The molecule has 0 saturated heterocycles. The van der Waals surface area contributed by atoms with Crippen molar-refractivity contribution in [3.63, 3.8) is 0 Å². The molecule has 0 aliphatic heterocycles. The van der Waals surface area contributed by atoms with E-state index in [4.69, 9.17) is 5.84 Å². The molecule has 15 heavy (non-hydrogen) atoms. The van der Waals surface area contributed by atoms with Gasteiger partial charge in [-0.25, -0.2) is 0 Å². The first-order chi connectivity index (χ1) is 7.31. The Bertz CT molecular complexity index is 295. The largest absolute Gasteiger partial charge is 0.271 e. The first kappa shape index (κ1) is 12.3. The molecular formula is C12H18N2S. The molecule has 0 bridgehead atoms. The van der Waals surface area contributed by atoms with Crippen molar-refractivity contribution in [3.05, 3.63) is 42.5 Å². The lowest BCUT2D eigenvalue weighted by atomic mass is 10.0. The van der Waals surface area contributed by atoms with E-state index >= 15 is 0 Å². The zero-order valence-corrected chi connectivity index (χ0v) is 9.89. The maximum absolute atomic E-state index is 5.48. The van der Waals surface area contributed by atoms with Crippen molar-refractivity contribution in [1.29, 1.82) is 0 Å². The summed E-state index contributed by atoms with van der Waals surface area (Å²) in [4.78, 5) is 1.30. The van der Waals surface area contributed by atoms with Gasteiger partial charge in [0.1, 0.15) is 0 Å². The van der Waals surface area contributed by atoms with Crippen LogP contribution in [0.1, 0.15) is 24.9 Å². The standard InChI is InChI=1S/C12H18N2S/c1-3-5-12(14-13)10-6-8-11(9-7-10)15-4-2/h3,6-9,12,14H,1,4-5,13H2,2H3. The lowest BCUT2D eigenvalue weighted by molar-refractivity contribution is 0.561. The van der Waals surface area contributed by atoms with Crippen LogP contribution in [-0.2, 0) is 0 Å². The topological polar surface area (TPSA) is 38.0 Å². The molecule has 82 valence electrons. The summed E-state index contributed by atoms with van der Waals surface area (Å²) in [6.45, 7) is 5.87. The molecule has 3 heteroatoms. The Morgan fingerprint density at radius 2 is 2.13 bits per heavy atom. The SMILES string of the molecule is C=CCC(NN)c1ccc(SCC)cc1. The van der Waals surface area contributed by atoms with Gasteiger partial charge in [0, 0.05) is 10.9 Å². The Kier molecular flexibility index (Phi) is 5.47. The summed E-state index contributed by atoms with van der Waals surface area (Å²) in [5.74, 6) is 6.59. The van der Waals surface area contributed by atoms with Gasteiger partial charge in [-0.2, -0.15) is 0 Å². The van der Waals surface area contributed by atoms with Crippen LogP contribution < -0.4 is 11.3 Å². The fourth-order valence-electron chi connectivity index (χ4n) is 1.43. The highest BCUT2D eigenvalue weighted by molar-refractivity contribution is 7.99. The minimum absolute atomic E-state index is 0.170. The van der Waals surface area contributed by atoms with Gasteiger partial charge >= 0.3 is 0 Å². The van der Waals surface area contributed by atoms with E-state index in [-0.39, 0.29) is 6.04 Å². The third kappa shape index (κ3) is 3.70. The Morgan fingerprint density at radius 1 is 1.47 bits per heavy atom. The van der Waals surface area contributed by atoms with Crippen molar-refractivity contribution in [3.8, 4) is 0 Å². The molecule has 0 heterocycles. The van der Waals surface area contributed by atoms with Crippen molar-refractivity contribution in [2.24, 2.45) is 5.84 Å². The van der Waals surface area contributed by atoms with Gasteiger partial charge in [-0.05, 0) is 29.9 Å². The van der Waals surface area contributed by atoms with Crippen LogP contribution in [0.3, 0.4) is 0 Å². The number of benzene rings is 1. The molecule has 0 saturated carbocycles. The van der Waals surface area contributed by atoms with Crippen molar-refractivity contribution in [2.45, 2.75) is 24.3 Å². The summed E-state index contributed by atoms with van der Waals surface area (Å²) in [6, 6.07) is 8.68. The van der Waals surface area contributed by atoms with Crippen LogP contribution in [0, 0.1) is 0 Å². The first-order valence-electron chi connectivity index (χ1n) is 5.11. The number of hydrogen-bond acceptors (Lipinski definition) is 3. The first-order valence-corrected chi connectivity index (χ1v) is 6.10. The summed E-state index contributed by atoms with van der Waals surface area (Å²) in [7, 11) is 0. The molecule has 0 aromatic heterocycles. The summed E-state index contributed by atoms with van der Waals surface area (Å²) in [6.07, 6.45) is 2.72. The Balaban J connectivity index is 2.72. The van der Waals surface area contributed by atoms with Crippen molar-refractivity contribution < 1.29 is 0 Å². The Hall–Kier alpha value is -0.770. The minimum atomic E-state index is 0.170. The maximum atomic E-state index is 5.48. The van der Waals surface area contributed by atoms with E-state index in [1.807, 2.05) is 17.8 Å². The molecule has 0 amide bonds. The lowest BCUT2D eigenvalue weighted by Gasteiger charge is -2.14. The van der Waals surface area contributed by atoms with E-state index in [1.165, 1.54) is 10.5 Å². The van der Waals surface area contributed by atoms with Crippen LogP contribution in [0.15, 0.2) is 41.8 Å². The summed E-state index contributed by atoms with van der Waals surface area (Å²) >= 11 is 1.84. The number of thioether (sulfide) groups is 1. The molecule has 0 spiro atoms. The smallest absolute Gasteiger partial charge is 0.0494 e. The highest BCUT2D eigenvalue weighted by Crippen LogP contribution is 2.22. The van der Waals surface area contributed by atoms with Crippen LogP contribution >= 0.6 is 11.8 Å². The van der Waals surface area contributed by atoms with Gasteiger partial charge in [-0.1, -0.05) is 25.1 Å². The van der Waals surface area contributed by atoms with Crippen LogP contribution in [0.25, 0.3) is 0 Å². The number of nitrogens with two attached hydrogens (primary N) is 1. The molecule has 0 aliphatic rings. The normalized spacial score (nSPS) is 12.4. The molecule has 1 atom stereocenters. The van der Waals surface area contributed by atoms with Gasteiger partial charge in [-0.15, -0.1) is 18.3 Å². The maximum Gasteiger partial charge on any atom is 0.0494 e. The van der Waals surface area contributed by atoms with Crippen molar-refractivity contribution in [2.75, 3.05) is 5.75 Å². The number of hydrogen-bond donors (Lipinski definition) is 2. The molecular weight excluding hydrogens is 204 g/mol. The van der Waals surface area contributed by atoms with E-state index in [1.54, 1.807) is 0 Å². The molecule has 0 fully saturated rings. The predicted molar refractivity (Wildman–Crippen MR) is 67.7 cm³/mol. The second-order valence-corrected chi connectivity index (χ2v) is 4.58. The zero-order valence-electron chi connectivity index (χ0n) is 9.07. The predicted octanol–water partition coefficient (Wildman–Crippen LogP) is 2.88. The van der Waals surface area contributed by atoms with Gasteiger partial charge in [-0.3, -0.25) is 11.3 Å². The Morgan fingerprint density at radius 3 is 2.60 bits per heavy atom. The molecule has 1 unspecified atom stereocenters.